The minimum atomic E-state index is -1.06. The average molecular weight is 392 g/mol. The van der Waals surface area contributed by atoms with E-state index in [1.54, 1.807) is 20.8 Å². The Labute approximate surface area is 161 Å². The fourth-order valence-electron chi connectivity index (χ4n) is 3.08. The Hall–Kier alpha value is -3.23. The van der Waals surface area contributed by atoms with Crippen LogP contribution < -0.4 is 5.32 Å². The zero-order chi connectivity index (χ0) is 20.8. The third kappa shape index (κ3) is 4.19. The number of carbonyl (C=O) groups excluding carboxylic acids is 2. The number of nitrogens with one attached hydrogen (secondary N) is 1. The standard InChI is InChI=1S/C19H21FN2O6/c1-4-27-18(23)15-11(3)21-14(10-20)17(19(24)28-5-2)16(15)12-7-6-8-13(9-12)22(25)26/h6-9,16,21H,4-5,10H2,1-3H3. The Morgan fingerprint density at radius 1 is 1.18 bits per heavy atom. The molecule has 1 atom stereocenters. The van der Waals surface area contributed by atoms with E-state index in [1.807, 2.05) is 0 Å². The van der Waals surface area contributed by atoms with E-state index in [9.17, 15) is 24.1 Å². The smallest absolute Gasteiger partial charge is 0.336 e. The van der Waals surface area contributed by atoms with Gasteiger partial charge in [-0.05, 0) is 26.3 Å². The normalized spacial score (nSPS) is 16.5. The van der Waals surface area contributed by atoms with Gasteiger partial charge in [-0.25, -0.2) is 14.0 Å². The number of allylic oxidation sites excluding steroid dienone is 2. The molecule has 1 aliphatic heterocycles. The van der Waals surface area contributed by atoms with Crippen LogP contribution in [0.4, 0.5) is 10.1 Å². The number of dihydropyridines is 1. The molecule has 1 N–H and O–H groups in total. The van der Waals surface area contributed by atoms with Gasteiger partial charge in [-0.1, -0.05) is 12.1 Å². The van der Waals surface area contributed by atoms with Crippen molar-refractivity contribution < 1.29 is 28.4 Å². The summed E-state index contributed by atoms with van der Waals surface area (Å²) in [6.07, 6.45) is 0. The Kier molecular flexibility index (Phi) is 6.86. The molecule has 9 heteroatoms. The third-order valence-corrected chi connectivity index (χ3v) is 4.18. The van der Waals surface area contributed by atoms with Crippen LogP contribution in [0.15, 0.2) is 46.8 Å². The molecule has 0 aliphatic carbocycles. The fraction of sp³-hybridized carbons (Fsp3) is 0.368. The van der Waals surface area contributed by atoms with Crippen molar-refractivity contribution in [2.24, 2.45) is 0 Å². The summed E-state index contributed by atoms with van der Waals surface area (Å²) in [6, 6.07) is 5.50. The van der Waals surface area contributed by atoms with Crippen molar-refractivity contribution in [3.05, 3.63) is 62.5 Å². The molecule has 1 aromatic carbocycles. The van der Waals surface area contributed by atoms with Gasteiger partial charge in [0, 0.05) is 17.8 Å². The van der Waals surface area contributed by atoms with Crippen LogP contribution >= 0.6 is 0 Å². The molecule has 1 aromatic rings. The molecule has 2 rings (SSSR count). The lowest BCUT2D eigenvalue weighted by Gasteiger charge is -2.30. The Morgan fingerprint density at radius 3 is 2.32 bits per heavy atom. The van der Waals surface area contributed by atoms with Crippen molar-refractivity contribution in [3.63, 3.8) is 0 Å². The van der Waals surface area contributed by atoms with Crippen molar-refractivity contribution in [1.29, 1.82) is 0 Å². The summed E-state index contributed by atoms with van der Waals surface area (Å²) in [5.74, 6) is -2.58. The number of non-ortho nitro benzene ring substituents is 1. The summed E-state index contributed by atoms with van der Waals surface area (Å²) < 4.78 is 23.9. The first-order valence-corrected chi connectivity index (χ1v) is 8.71. The number of nitrogens with zero attached hydrogens (tertiary/aromatic N) is 1. The molecule has 0 radical (unpaired) electrons. The van der Waals surface area contributed by atoms with E-state index in [0.717, 1.165) is 0 Å². The van der Waals surface area contributed by atoms with Crippen molar-refractivity contribution >= 4 is 17.6 Å². The Bertz CT molecular complexity index is 862. The largest absolute Gasteiger partial charge is 0.463 e. The van der Waals surface area contributed by atoms with Crippen LogP contribution in [-0.4, -0.2) is 36.8 Å². The highest BCUT2D eigenvalue weighted by molar-refractivity contribution is 6.00. The monoisotopic (exact) mass is 392 g/mol. The van der Waals surface area contributed by atoms with Crippen LogP contribution in [0, 0.1) is 10.1 Å². The molecule has 0 aromatic heterocycles. The number of benzene rings is 1. The third-order valence-electron chi connectivity index (χ3n) is 4.18. The van der Waals surface area contributed by atoms with Gasteiger partial charge in [0.2, 0.25) is 0 Å². The number of hydrogen-bond donors (Lipinski definition) is 1. The van der Waals surface area contributed by atoms with E-state index in [-0.39, 0.29) is 41.3 Å². The van der Waals surface area contributed by atoms with Gasteiger partial charge in [0.15, 0.2) is 0 Å². The van der Waals surface area contributed by atoms with Gasteiger partial charge in [-0.2, -0.15) is 0 Å². The molecule has 0 spiro atoms. The van der Waals surface area contributed by atoms with Gasteiger partial charge >= 0.3 is 11.9 Å². The summed E-state index contributed by atoms with van der Waals surface area (Å²) in [7, 11) is 0. The molecule has 0 amide bonds. The van der Waals surface area contributed by atoms with E-state index >= 15 is 0 Å². The molecule has 150 valence electrons. The summed E-state index contributed by atoms with van der Waals surface area (Å²) in [4.78, 5) is 35.8. The van der Waals surface area contributed by atoms with E-state index in [4.69, 9.17) is 9.47 Å². The Morgan fingerprint density at radius 2 is 1.79 bits per heavy atom. The molecule has 1 aliphatic rings. The van der Waals surface area contributed by atoms with Crippen molar-refractivity contribution in [3.8, 4) is 0 Å². The van der Waals surface area contributed by atoms with Crippen molar-refractivity contribution in [2.75, 3.05) is 19.9 Å². The van der Waals surface area contributed by atoms with Gasteiger partial charge in [-0.15, -0.1) is 0 Å². The molecule has 0 saturated carbocycles. The second-order valence-corrected chi connectivity index (χ2v) is 5.92. The quantitative estimate of drug-likeness (QED) is 0.432. The second-order valence-electron chi connectivity index (χ2n) is 5.92. The molecule has 1 unspecified atom stereocenters. The molecular formula is C19H21FN2O6. The number of nitro groups is 1. The van der Waals surface area contributed by atoms with Crippen LogP contribution in [0.5, 0.6) is 0 Å². The van der Waals surface area contributed by atoms with Crippen LogP contribution in [0.1, 0.15) is 32.3 Å². The van der Waals surface area contributed by atoms with Crippen LogP contribution in [0.25, 0.3) is 0 Å². The Balaban J connectivity index is 2.73. The predicted molar refractivity (Wildman–Crippen MR) is 97.9 cm³/mol. The number of alkyl halides is 1. The molecular weight excluding hydrogens is 371 g/mol. The van der Waals surface area contributed by atoms with Gasteiger partial charge in [0.05, 0.1) is 40.9 Å². The van der Waals surface area contributed by atoms with E-state index < -0.39 is 29.5 Å². The van der Waals surface area contributed by atoms with Gasteiger partial charge in [0.25, 0.3) is 5.69 Å². The van der Waals surface area contributed by atoms with Crippen LogP contribution in [0.3, 0.4) is 0 Å². The van der Waals surface area contributed by atoms with Crippen LogP contribution in [0.2, 0.25) is 0 Å². The maximum Gasteiger partial charge on any atom is 0.336 e. The first-order valence-electron chi connectivity index (χ1n) is 8.71. The number of nitro benzene ring substituents is 1. The average Bonchev–Trinajstić information content (AvgIpc) is 2.67. The van der Waals surface area contributed by atoms with Gasteiger partial charge in [0.1, 0.15) is 6.67 Å². The molecule has 8 nitrogen and oxygen atoms in total. The van der Waals surface area contributed by atoms with Crippen molar-refractivity contribution in [1.82, 2.24) is 5.32 Å². The topological polar surface area (TPSA) is 108 Å². The van der Waals surface area contributed by atoms with Crippen molar-refractivity contribution in [2.45, 2.75) is 26.7 Å². The first-order chi connectivity index (χ1) is 13.3. The van der Waals surface area contributed by atoms with Gasteiger partial charge in [-0.3, -0.25) is 10.1 Å². The van der Waals surface area contributed by atoms with E-state index in [2.05, 4.69) is 5.32 Å². The summed E-state index contributed by atoms with van der Waals surface area (Å²) in [6.45, 7) is 3.90. The highest BCUT2D eigenvalue weighted by Gasteiger charge is 2.39. The molecule has 0 bridgehead atoms. The lowest BCUT2D eigenvalue weighted by atomic mass is 9.80. The lowest BCUT2D eigenvalue weighted by Crippen LogP contribution is -2.34. The molecule has 0 fully saturated rings. The SMILES string of the molecule is CCOC(=O)C1=C(C)NC(CF)=C(C(=O)OCC)C1c1cccc([N+](=O)[O-])c1. The zero-order valence-corrected chi connectivity index (χ0v) is 15.8. The molecule has 1 heterocycles. The fourth-order valence-corrected chi connectivity index (χ4v) is 3.08. The second kappa shape index (κ2) is 9.12. The number of ether oxygens (including phenoxy) is 2. The summed E-state index contributed by atoms with van der Waals surface area (Å²) >= 11 is 0. The highest BCUT2D eigenvalue weighted by Crippen LogP contribution is 2.40. The first kappa shape index (κ1) is 21.1. The number of esters is 2. The minimum Gasteiger partial charge on any atom is -0.463 e. The minimum absolute atomic E-state index is 0.0427. The van der Waals surface area contributed by atoms with E-state index in [0.29, 0.717) is 5.70 Å². The summed E-state index contributed by atoms with van der Waals surface area (Å²) in [5.41, 5.74) is 0.270. The van der Waals surface area contributed by atoms with Crippen LogP contribution in [-0.2, 0) is 19.1 Å². The maximum absolute atomic E-state index is 13.7. The van der Waals surface area contributed by atoms with E-state index in [1.165, 1.54) is 24.3 Å². The summed E-state index contributed by atoms with van der Waals surface area (Å²) in [5, 5.41) is 13.9. The number of halogens is 1. The highest BCUT2D eigenvalue weighted by atomic mass is 19.1. The number of rotatable bonds is 7. The maximum atomic E-state index is 13.7. The number of carbonyl (C=O) groups is 2. The predicted octanol–water partition coefficient (Wildman–Crippen LogP) is 2.91. The molecule has 0 saturated heterocycles. The lowest BCUT2D eigenvalue weighted by molar-refractivity contribution is -0.384. The molecule has 28 heavy (non-hydrogen) atoms. The van der Waals surface area contributed by atoms with Gasteiger partial charge < -0.3 is 14.8 Å². The number of hydrogen-bond acceptors (Lipinski definition) is 7. The zero-order valence-electron chi connectivity index (χ0n) is 15.8.